The fourth-order valence-corrected chi connectivity index (χ4v) is 2.92. The number of fused-ring (bicyclic) bond motifs is 1. The van der Waals surface area contributed by atoms with Crippen molar-refractivity contribution in [1.29, 1.82) is 0 Å². The molecule has 5 nitrogen and oxygen atoms in total. The zero-order chi connectivity index (χ0) is 18.0. The smallest absolute Gasteiger partial charge is 0.255 e. The summed E-state index contributed by atoms with van der Waals surface area (Å²) in [7, 11) is 3.93. The SMILES string of the molecule is CCOc1cc2c(cc1NC(=O)c1ccc(N(C)C)cc1)O[C@@H](C)C2. The van der Waals surface area contributed by atoms with Gasteiger partial charge in [0.2, 0.25) is 0 Å². The summed E-state index contributed by atoms with van der Waals surface area (Å²) < 4.78 is 11.5. The van der Waals surface area contributed by atoms with Gasteiger partial charge in [-0.3, -0.25) is 4.79 Å². The van der Waals surface area contributed by atoms with E-state index in [9.17, 15) is 4.79 Å². The van der Waals surface area contributed by atoms with Crippen molar-refractivity contribution in [2.24, 2.45) is 0 Å². The number of ether oxygens (including phenoxy) is 2. The van der Waals surface area contributed by atoms with Crippen molar-refractivity contribution in [3.05, 3.63) is 47.5 Å². The molecule has 0 aliphatic carbocycles. The second-order valence-corrected chi connectivity index (χ2v) is 6.42. The fraction of sp³-hybridized carbons (Fsp3) is 0.350. The van der Waals surface area contributed by atoms with Crippen LogP contribution >= 0.6 is 0 Å². The van der Waals surface area contributed by atoms with E-state index < -0.39 is 0 Å². The van der Waals surface area contributed by atoms with Crippen LogP contribution in [0, 0.1) is 0 Å². The van der Waals surface area contributed by atoms with Crippen LogP contribution in [-0.4, -0.2) is 32.7 Å². The Kier molecular flexibility index (Phi) is 4.83. The monoisotopic (exact) mass is 340 g/mol. The van der Waals surface area contributed by atoms with Gasteiger partial charge in [-0.2, -0.15) is 0 Å². The molecule has 0 unspecified atom stereocenters. The largest absolute Gasteiger partial charge is 0.492 e. The van der Waals surface area contributed by atoms with Crippen LogP contribution in [-0.2, 0) is 6.42 Å². The molecular weight excluding hydrogens is 316 g/mol. The topological polar surface area (TPSA) is 50.8 Å². The lowest BCUT2D eigenvalue weighted by molar-refractivity contribution is 0.102. The highest BCUT2D eigenvalue weighted by Crippen LogP contribution is 2.38. The molecule has 2 aromatic rings. The first-order chi connectivity index (χ1) is 12.0. The molecule has 0 spiro atoms. The fourth-order valence-electron chi connectivity index (χ4n) is 2.92. The van der Waals surface area contributed by atoms with Gasteiger partial charge < -0.3 is 19.7 Å². The van der Waals surface area contributed by atoms with E-state index in [1.54, 1.807) is 0 Å². The van der Waals surface area contributed by atoms with Crippen LogP contribution in [0.25, 0.3) is 0 Å². The van der Waals surface area contributed by atoms with Crippen molar-refractivity contribution < 1.29 is 14.3 Å². The first-order valence-electron chi connectivity index (χ1n) is 8.53. The number of anilines is 2. The lowest BCUT2D eigenvalue weighted by Crippen LogP contribution is -2.14. The number of amides is 1. The van der Waals surface area contributed by atoms with Crippen LogP contribution in [0.15, 0.2) is 36.4 Å². The van der Waals surface area contributed by atoms with E-state index in [4.69, 9.17) is 9.47 Å². The summed E-state index contributed by atoms with van der Waals surface area (Å²) in [6.45, 7) is 4.50. The molecular formula is C20H24N2O3. The molecule has 0 bridgehead atoms. The molecule has 0 radical (unpaired) electrons. The van der Waals surface area contributed by atoms with Gasteiger partial charge in [-0.1, -0.05) is 0 Å². The molecule has 3 rings (SSSR count). The molecule has 1 N–H and O–H groups in total. The van der Waals surface area contributed by atoms with Crippen molar-refractivity contribution in [1.82, 2.24) is 0 Å². The van der Waals surface area contributed by atoms with Crippen LogP contribution in [0.3, 0.4) is 0 Å². The second-order valence-electron chi connectivity index (χ2n) is 6.42. The van der Waals surface area contributed by atoms with E-state index in [-0.39, 0.29) is 12.0 Å². The number of hydrogen-bond acceptors (Lipinski definition) is 4. The molecule has 25 heavy (non-hydrogen) atoms. The molecule has 1 aliphatic heterocycles. The minimum atomic E-state index is -0.169. The molecule has 5 heteroatoms. The number of carbonyl (C=O) groups is 1. The average molecular weight is 340 g/mol. The van der Waals surface area contributed by atoms with Crippen molar-refractivity contribution in [2.45, 2.75) is 26.4 Å². The van der Waals surface area contributed by atoms with Gasteiger partial charge in [-0.25, -0.2) is 0 Å². The summed E-state index contributed by atoms with van der Waals surface area (Å²) in [6, 6.07) is 11.3. The number of carbonyl (C=O) groups excluding carboxylic acids is 1. The third-order valence-corrected chi connectivity index (χ3v) is 4.19. The highest BCUT2D eigenvalue weighted by Gasteiger charge is 2.22. The Morgan fingerprint density at radius 2 is 2.00 bits per heavy atom. The van der Waals surface area contributed by atoms with E-state index in [0.717, 1.165) is 23.4 Å². The number of rotatable bonds is 5. The van der Waals surface area contributed by atoms with Gasteiger partial charge in [0.1, 0.15) is 17.6 Å². The van der Waals surface area contributed by atoms with Crippen molar-refractivity contribution >= 4 is 17.3 Å². The molecule has 0 saturated carbocycles. The van der Waals surface area contributed by atoms with Gasteiger partial charge in [-0.15, -0.1) is 0 Å². The van der Waals surface area contributed by atoms with E-state index in [1.807, 2.05) is 69.2 Å². The van der Waals surface area contributed by atoms with Gasteiger partial charge in [0.05, 0.1) is 12.3 Å². The number of nitrogens with one attached hydrogen (secondary N) is 1. The van der Waals surface area contributed by atoms with Crippen molar-refractivity contribution in [2.75, 3.05) is 30.9 Å². The van der Waals surface area contributed by atoms with Gasteiger partial charge in [0.25, 0.3) is 5.91 Å². The maximum atomic E-state index is 12.6. The molecule has 132 valence electrons. The third-order valence-electron chi connectivity index (χ3n) is 4.19. The second kappa shape index (κ2) is 7.05. The van der Waals surface area contributed by atoms with Crippen LogP contribution < -0.4 is 19.7 Å². The van der Waals surface area contributed by atoms with E-state index in [2.05, 4.69) is 5.32 Å². The Labute approximate surface area is 148 Å². The lowest BCUT2D eigenvalue weighted by Gasteiger charge is -2.15. The standard InChI is InChI=1S/C20H24N2O3/c1-5-24-19-11-15-10-13(2)25-18(15)12-17(19)21-20(23)14-6-8-16(9-7-14)22(3)4/h6-9,11-13H,5,10H2,1-4H3,(H,21,23)/t13-/m0/s1. The molecule has 0 saturated heterocycles. The Balaban J connectivity index is 1.84. The summed E-state index contributed by atoms with van der Waals surface area (Å²) in [5, 5.41) is 2.95. The maximum absolute atomic E-state index is 12.6. The molecule has 1 atom stereocenters. The quantitative estimate of drug-likeness (QED) is 0.901. The van der Waals surface area contributed by atoms with E-state index in [1.165, 1.54) is 0 Å². The Morgan fingerprint density at radius 3 is 2.64 bits per heavy atom. The zero-order valence-electron chi connectivity index (χ0n) is 15.1. The first-order valence-corrected chi connectivity index (χ1v) is 8.53. The predicted octanol–water partition coefficient (Wildman–Crippen LogP) is 3.73. The van der Waals surface area contributed by atoms with Crippen molar-refractivity contribution in [3.8, 4) is 11.5 Å². The highest BCUT2D eigenvalue weighted by molar-refractivity contribution is 6.05. The van der Waals surface area contributed by atoms with E-state index >= 15 is 0 Å². The maximum Gasteiger partial charge on any atom is 0.255 e. The average Bonchev–Trinajstić information content (AvgIpc) is 2.94. The molecule has 0 fully saturated rings. The molecule has 1 heterocycles. The summed E-state index contributed by atoms with van der Waals surface area (Å²) in [5.74, 6) is 1.32. The number of hydrogen-bond donors (Lipinski definition) is 1. The minimum absolute atomic E-state index is 0.147. The highest BCUT2D eigenvalue weighted by atomic mass is 16.5. The van der Waals surface area contributed by atoms with Crippen LogP contribution in [0.4, 0.5) is 11.4 Å². The Morgan fingerprint density at radius 1 is 1.28 bits per heavy atom. The zero-order valence-corrected chi connectivity index (χ0v) is 15.1. The first kappa shape index (κ1) is 17.1. The van der Waals surface area contributed by atoms with Crippen molar-refractivity contribution in [3.63, 3.8) is 0 Å². The predicted molar refractivity (Wildman–Crippen MR) is 100 cm³/mol. The summed E-state index contributed by atoms with van der Waals surface area (Å²) in [4.78, 5) is 14.6. The third kappa shape index (κ3) is 3.71. The Bertz CT molecular complexity index is 769. The normalized spacial score (nSPS) is 15.3. The van der Waals surface area contributed by atoms with E-state index in [0.29, 0.717) is 23.6 Å². The van der Waals surface area contributed by atoms with Crippen LogP contribution in [0.2, 0.25) is 0 Å². The van der Waals surface area contributed by atoms with Crippen LogP contribution in [0.1, 0.15) is 29.8 Å². The number of nitrogens with zero attached hydrogens (tertiary/aromatic N) is 1. The van der Waals surface area contributed by atoms with Gasteiger partial charge in [0, 0.05) is 43.4 Å². The minimum Gasteiger partial charge on any atom is -0.492 e. The molecule has 0 aromatic heterocycles. The van der Waals surface area contributed by atoms with Gasteiger partial charge in [0.15, 0.2) is 0 Å². The van der Waals surface area contributed by atoms with Crippen LogP contribution in [0.5, 0.6) is 11.5 Å². The van der Waals surface area contributed by atoms with Gasteiger partial charge >= 0.3 is 0 Å². The summed E-state index contributed by atoms with van der Waals surface area (Å²) in [6.07, 6.45) is 1.00. The molecule has 1 aliphatic rings. The summed E-state index contributed by atoms with van der Waals surface area (Å²) in [5.41, 5.74) is 3.40. The Hall–Kier alpha value is -2.69. The molecule has 1 amide bonds. The number of benzene rings is 2. The lowest BCUT2D eigenvalue weighted by atomic mass is 10.1. The molecule has 2 aromatic carbocycles. The van der Waals surface area contributed by atoms with Gasteiger partial charge in [-0.05, 0) is 44.2 Å². The summed E-state index contributed by atoms with van der Waals surface area (Å²) >= 11 is 0.